The van der Waals surface area contributed by atoms with Gasteiger partial charge in [0.2, 0.25) is 0 Å². The van der Waals surface area contributed by atoms with Crippen LogP contribution in [0.3, 0.4) is 0 Å². The number of nitro groups is 1. The molecule has 2 N–H and O–H groups in total. The third kappa shape index (κ3) is 6.03. The minimum absolute atomic E-state index is 0.0914. The number of urea groups is 1. The lowest BCUT2D eigenvalue weighted by atomic mass is 9.97. The SMILES string of the molecule is C[C@H](OC(=O)C1CCN(C(=O)Nc2ccccc2)CC1)C(=O)Nc1ccc([N+](=O)[O-])cc1. The Balaban J connectivity index is 1.44. The van der Waals surface area contributed by atoms with Crippen LogP contribution in [0.15, 0.2) is 54.6 Å². The van der Waals surface area contributed by atoms with Crippen molar-refractivity contribution in [3.05, 3.63) is 64.7 Å². The van der Waals surface area contributed by atoms with E-state index in [0.717, 1.165) is 0 Å². The summed E-state index contributed by atoms with van der Waals surface area (Å²) in [6.07, 6.45) is -0.146. The van der Waals surface area contributed by atoms with Crippen LogP contribution in [0.5, 0.6) is 0 Å². The van der Waals surface area contributed by atoms with Gasteiger partial charge in [-0.05, 0) is 44.0 Å². The van der Waals surface area contributed by atoms with Gasteiger partial charge >= 0.3 is 12.0 Å². The van der Waals surface area contributed by atoms with Crippen molar-refractivity contribution in [2.24, 2.45) is 5.92 Å². The Bertz CT molecular complexity index is 972. The Morgan fingerprint density at radius 1 is 1.00 bits per heavy atom. The molecule has 1 saturated heterocycles. The van der Waals surface area contributed by atoms with Crippen molar-refractivity contribution in [3.8, 4) is 0 Å². The van der Waals surface area contributed by atoms with Gasteiger partial charge in [0, 0.05) is 36.6 Å². The van der Waals surface area contributed by atoms with Gasteiger partial charge in [-0.2, -0.15) is 0 Å². The number of likely N-dealkylation sites (tertiary alicyclic amines) is 1. The van der Waals surface area contributed by atoms with E-state index < -0.39 is 28.8 Å². The standard InChI is InChI=1S/C22H24N4O6/c1-15(20(27)23-18-7-9-19(10-8-18)26(30)31)32-21(28)16-11-13-25(14-12-16)22(29)24-17-5-3-2-4-6-17/h2-10,15-16H,11-14H2,1H3,(H,23,27)(H,24,29)/t15-/m0/s1. The molecule has 1 aliphatic rings. The molecule has 1 fully saturated rings. The van der Waals surface area contributed by atoms with Gasteiger partial charge in [-0.25, -0.2) is 4.79 Å². The van der Waals surface area contributed by atoms with Crippen LogP contribution in [0.1, 0.15) is 19.8 Å². The van der Waals surface area contributed by atoms with Crippen molar-refractivity contribution < 1.29 is 24.0 Å². The molecule has 3 rings (SSSR count). The minimum Gasteiger partial charge on any atom is -0.452 e. The van der Waals surface area contributed by atoms with Crippen LogP contribution in [0.4, 0.5) is 21.9 Å². The number of piperidine rings is 1. The molecule has 1 heterocycles. The van der Waals surface area contributed by atoms with Crippen molar-refractivity contribution in [1.29, 1.82) is 0 Å². The van der Waals surface area contributed by atoms with Gasteiger partial charge in [-0.1, -0.05) is 18.2 Å². The molecule has 0 bridgehead atoms. The zero-order chi connectivity index (χ0) is 23.1. The molecule has 1 aliphatic heterocycles. The van der Waals surface area contributed by atoms with E-state index in [0.29, 0.717) is 37.3 Å². The average molecular weight is 440 g/mol. The number of amides is 3. The number of nitro benzene ring substituents is 1. The fourth-order valence-corrected chi connectivity index (χ4v) is 3.28. The number of anilines is 2. The van der Waals surface area contributed by atoms with Gasteiger partial charge in [-0.15, -0.1) is 0 Å². The van der Waals surface area contributed by atoms with E-state index in [4.69, 9.17) is 4.74 Å². The highest BCUT2D eigenvalue weighted by Crippen LogP contribution is 2.21. The number of rotatable bonds is 6. The predicted molar refractivity (Wildman–Crippen MR) is 117 cm³/mol. The Kier molecular flexibility index (Phi) is 7.37. The molecule has 0 saturated carbocycles. The van der Waals surface area contributed by atoms with Gasteiger partial charge < -0.3 is 20.3 Å². The summed E-state index contributed by atoms with van der Waals surface area (Å²) < 4.78 is 5.30. The number of nitrogens with one attached hydrogen (secondary N) is 2. The second kappa shape index (κ2) is 10.4. The highest BCUT2D eigenvalue weighted by molar-refractivity contribution is 5.95. The minimum atomic E-state index is -1.03. The zero-order valence-electron chi connectivity index (χ0n) is 17.5. The predicted octanol–water partition coefficient (Wildman–Crippen LogP) is 3.41. The van der Waals surface area contributed by atoms with E-state index in [-0.39, 0.29) is 11.7 Å². The molecule has 32 heavy (non-hydrogen) atoms. The van der Waals surface area contributed by atoms with Crippen LogP contribution in [-0.2, 0) is 14.3 Å². The monoisotopic (exact) mass is 440 g/mol. The topological polar surface area (TPSA) is 131 Å². The molecular weight excluding hydrogens is 416 g/mol. The number of non-ortho nitro benzene ring substituents is 1. The van der Waals surface area contributed by atoms with Crippen LogP contribution in [0.2, 0.25) is 0 Å². The Morgan fingerprint density at radius 3 is 2.19 bits per heavy atom. The fourth-order valence-electron chi connectivity index (χ4n) is 3.28. The van der Waals surface area contributed by atoms with Crippen LogP contribution in [0.25, 0.3) is 0 Å². The van der Waals surface area contributed by atoms with Gasteiger partial charge in [0.15, 0.2) is 6.10 Å². The number of ether oxygens (including phenoxy) is 1. The number of nitrogens with zero attached hydrogens (tertiary/aromatic N) is 2. The molecule has 1 atom stereocenters. The van der Waals surface area contributed by atoms with Gasteiger partial charge in [-0.3, -0.25) is 19.7 Å². The first kappa shape index (κ1) is 22.7. The van der Waals surface area contributed by atoms with Crippen molar-refractivity contribution in [2.45, 2.75) is 25.9 Å². The van der Waals surface area contributed by atoms with E-state index in [1.807, 2.05) is 18.2 Å². The molecule has 2 aromatic carbocycles. The number of hydrogen-bond acceptors (Lipinski definition) is 6. The molecule has 0 spiro atoms. The third-order valence-corrected chi connectivity index (χ3v) is 5.15. The first-order chi connectivity index (χ1) is 15.3. The molecule has 168 valence electrons. The Hall–Kier alpha value is -3.95. The third-order valence-electron chi connectivity index (χ3n) is 5.15. The molecule has 0 radical (unpaired) electrons. The largest absolute Gasteiger partial charge is 0.452 e. The van der Waals surface area contributed by atoms with Crippen molar-refractivity contribution in [3.63, 3.8) is 0 Å². The number of hydrogen-bond donors (Lipinski definition) is 2. The Morgan fingerprint density at radius 2 is 1.59 bits per heavy atom. The van der Waals surface area contributed by atoms with Gasteiger partial charge in [0.05, 0.1) is 10.8 Å². The highest BCUT2D eigenvalue weighted by atomic mass is 16.6. The number of para-hydroxylation sites is 1. The van der Waals surface area contributed by atoms with Crippen molar-refractivity contribution in [2.75, 3.05) is 23.7 Å². The quantitative estimate of drug-likeness (QED) is 0.402. The number of benzene rings is 2. The van der Waals surface area contributed by atoms with E-state index >= 15 is 0 Å². The molecule has 0 aromatic heterocycles. The lowest BCUT2D eigenvalue weighted by Crippen LogP contribution is -2.43. The van der Waals surface area contributed by atoms with Crippen LogP contribution in [0, 0.1) is 16.0 Å². The van der Waals surface area contributed by atoms with Crippen LogP contribution >= 0.6 is 0 Å². The van der Waals surface area contributed by atoms with Crippen LogP contribution < -0.4 is 10.6 Å². The summed E-state index contributed by atoms with van der Waals surface area (Å²) in [5.74, 6) is -1.42. The zero-order valence-corrected chi connectivity index (χ0v) is 17.5. The first-order valence-corrected chi connectivity index (χ1v) is 10.2. The molecule has 0 aliphatic carbocycles. The summed E-state index contributed by atoms with van der Waals surface area (Å²) in [5.41, 5.74) is 0.972. The summed E-state index contributed by atoms with van der Waals surface area (Å²) in [5, 5.41) is 16.1. The lowest BCUT2D eigenvalue weighted by molar-refractivity contribution is -0.384. The second-order valence-electron chi connectivity index (χ2n) is 7.43. The maximum absolute atomic E-state index is 12.5. The van der Waals surface area contributed by atoms with E-state index in [1.165, 1.54) is 31.2 Å². The van der Waals surface area contributed by atoms with Crippen molar-refractivity contribution in [1.82, 2.24) is 4.90 Å². The van der Waals surface area contributed by atoms with E-state index in [2.05, 4.69) is 10.6 Å². The summed E-state index contributed by atoms with van der Waals surface area (Å²) in [7, 11) is 0. The van der Waals surface area contributed by atoms with Gasteiger partial charge in [0.25, 0.3) is 11.6 Å². The molecule has 0 unspecified atom stereocenters. The number of carbonyl (C=O) groups is 3. The summed E-state index contributed by atoms with van der Waals surface area (Å²) in [6, 6.07) is 14.2. The first-order valence-electron chi connectivity index (χ1n) is 10.2. The summed E-state index contributed by atoms with van der Waals surface area (Å²) in [4.78, 5) is 48.9. The normalized spacial score (nSPS) is 14.8. The van der Waals surface area contributed by atoms with Crippen molar-refractivity contribution >= 4 is 35.0 Å². The smallest absolute Gasteiger partial charge is 0.321 e. The lowest BCUT2D eigenvalue weighted by Gasteiger charge is -2.31. The second-order valence-corrected chi connectivity index (χ2v) is 7.43. The van der Waals surface area contributed by atoms with Gasteiger partial charge in [0.1, 0.15) is 0 Å². The van der Waals surface area contributed by atoms with E-state index in [1.54, 1.807) is 17.0 Å². The molecule has 10 heteroatoms. The maximum atomic E-state index is 12.5. The maximum Gasteiger partial charge on any atom is 0.321 e. The Labute approximate surface area is 184 Å². The number of carbonyl (C=O) groups excluding carboxylic acids is 3. The van der Waals surface area contributed by atoms with E-state index in [9.17, 15) is 24.5 Å². The fraction of sp³-hybridized carbons (Fsp3) is 0.318. The number of esters is 1. The molecular formula is C22H24N4O6. The van der Waals surface area contributed by atoms with Crippen LogP contribution in [-0.4, -0.2) is 46.9 Å². The molecule has 3 amide bonds. The average Bonchev–Trinajstić information content (AvgIpc) is 2.80. The molecule has 2 aromatic rings. The highest BCUT2D eigenvalue weighted by Gasteiger charge is 2.30. The summed E-state index contributed by atoms with van der Waals surface area (Å²) >= 11 is 0. The summed E-state index contributed by atoms with van der Waals surface area (Å²) in [6.45, 7) is 2.27. The molecule has 10 nitrogen and oxygen atoms in total.